The van der Waals surface area contributed by atoms with Crippen LogP contribution in [0.15, 0.2) is 24.3 Å². The Morgan fingerprint density at radius 1 is 1.17 bits per heavy atom. The Kier molecular flexibility index (Phi) is 6.17. The van der Waals surface area contributed by atoms with Crippen LogP contribution < -0.4 is 20.7 Å². The van der Waals surface area contributed by atoms with Gasteiger partial charge in [0.1, 0.15) is 5.75 Å². The van der Waals surface area contributed by atoms with Crippen LogP contribution >= 0.6 is 0 Å². The Morgan fingerprint density at radius 3 is 2.54 bits per heavy atom. The Bertz CT molecular complexity index is 617. The number of hydrazine groups is 1. The van der Waals surface area contributed by atoms with Crippen molar-refractivity contribution in [3.63, 3.8) is 0 Å². The fourth-order valence-corrected chi connectivity index (χ4v) is 2.84. The number of aryl methyl sites for hydroxylation is 1. The molecular weight excluding hydrogens is 312 g/mol. The van der Waals surface area contributed by atoms with Gasteiger partial charge >= 0.3 is 0 Å². The average Bonchev–Trinajstić information content (AvgIpc) is 2.58. The van der Waals surface area contributed by atoms with Crippen LogP contribution in [0.5, 0.6) is 5.75 Å². The van der Waals surface area contributed by atoms with Gasteiger partial charge in [0.25, 0.3) is 5.91 Å². The van der Waals surface area contributed by atoms with Crippen molar-refractivity contribution in [3.8, 4) is 5.75 Å². The van der Waals surface area contributed by atoms with E-state index in [4.69, 9.17) is 4.74 Å². The Hall–Kier alpha value is -2.57. The fraction of sp³-hybridized carbons (Fsp3) is 0.471. The number of nitrogens with one attached hydrogen (secondary N) is 2. The summed E-state index contributed by atoms with van der Waals surface area (Å²) < 4.78 is 5.32. The van der Waals surface area contributed by atoms with Gasteiger partial charge in [0.15, 0.2) is 6.61 Å². The smallest absolute Gasteiger partial charge is 0.276 e. The molecule has 1 aliphatic carbocycles. The van der Waals surface area contributed by atoms with Gasteiger partial charge in [0.05, 0.1) is 0 Å². The van der Waals surface area contributed by atoms with Gasteiger partial charge in [-0.25, -0.2) is 0 Å². The van der Waals surface area contributed by atoms with Crippen molar-refractivity contribution in [2.45, 2.75) is 32.6 Å². The second-order valence-corrected chi connectivity index (χ2v) is 5.96. The van der Waals surface area contributed by atoms with Crippen molar-refractivity contribution in [1.82, 2.24) is 10.9 Å². The van der Waals surface area contributed by atoms with E-state index in [1.54, 1.807) is 12.1 Å². The van der Waals surface area contributed by atoms with Gasteiger partial charge < -0.3 is 14.6 Å². The molecule has 0 radical (unpaired) electrons. The summed E-state index contributed by atoms with van der Waals surface area (Å²) in [7, 11) is 0. The van der Waals surface area contributed by atoms with E-state index < -0.39 is 29.6 Å². The molecule has 2 atom stereocenters. The van der Waals surface area contributed by atoms with Crippen molar-refractivity contribution in [2.75, 3.05) is 6.61 Å². The summed E-state index contributed by atoms with van der Waals surface area (Å²) in [6.07, 6.45) is 2.44. The molecule has 0 unspecified atom stereocenters. The number of aliphatic carboxylic acids is 1. The van der Waals surface area contributed by atoms with Gasteiger partial charge in [-0.15, -0.1) is 0 Å². The summed E-state index contributed by atoms with van der Waals surface area (Å²) >= 11 is 0. The van der Waals surface area contributed by atoms with Gasteiger partial charge in [0, 0.05) is 17.8 Å². The first-order valence-corrected chi connectivity index (χ1v) is 7.96. The minimum atomic E-state index is -1.22. The van der Waals surface area contributed by atoms with Gasteiger partial charge in [-0.1, -0.05) is 25.0 Å². The number of carboxylic acids is 1. The first-order chi connectivity index (χ1) is 11.5. The normalized spacial score (nSPS) is 20.0. The molecule has 1 aliphatic rings. The first-order valence-electron chi connectivity index (χ1n) is 7.96. The number of carboxylic acid groups (broad SMARTS) is 1. The third-order valence-corrected chi connectivity index (χ3v) is 4.09. The lowest BCUT2D eigenvalue weighted by Crippen LogP contribution is -2.50. The summed E-state index contributed by atoms with van der Waals surface area (Å²) in [6, 6.07) is 7.24. The fourth-order valence-electron chi connectivity index (χ4n) is 2.84. The number of ether oxygens (including phenoxy) is 1. The van der Waals surface area contributed by atoms with E-state index >= 15 is 0 Å². The van der Waals surface area contributed by atoms with E-state index in [1.807, 2.05) is 19.1 Å². The molecule has 0 aliphatic heterocycles. The van der Waals surface area contributed by atoms with Crippen LogP contribution in [-0.2, 0) is 14.4 Å². The number of hydrogen-bond donors (Lipinski definition) is 2. The summed E-state index contributed by atoms with van der Waals surface area (Å²) in [5, 5.41) is 11.1. The van der Waals surface area contributed by atoms with Crippen LogP contribution in [0.4, 0.5) is 0 Å². The highest BCUT2D eigenvalue weighted by atomic mass is 16.5. The van der Waals surface area contributed by atoms with Crippen LogP contribution in [0.1, 0.15) is 31.2 Å². The molecule has 2 rings (SSSR count). The number of amides is 2. The molecular formula is C17H21N2O5-. The molecule has 130 valence electrons. The first kappa shape index (κ1) is 17.8. The van der Waals surface area contributed by atoms with Crippen LogP contribution in [-0.4, -0.2) is 24.4 Å². The van der Waals surface area contributed by atoms with Gasteiger partial charge in [-0.3, -0.25) is 20.4 Å². The van der Waals surface area contributed by atoms with Crippen LogP contribution in [0, 0.1) is 18.8 Å². The van der Waals surface area contributed by atoms with Gasteiger partial charge in [-0.05, 0) is 37.5 Å². The zero-order chi connectivity index (χ0) is 17.5. The van der Waals surface area contributed by atoms with E-state index in [9.17, 15) is 19.5 Å². The minimum absolute atomic E-state index is 0.252. The molecule has 1 fully saturated rings. The number of carbonyl (C=O) groups excluding carboxylic acids is 3. The highest BCUT2D eigenvalue weighted by Gasteiger charge is 2.31. The van der Waals surface area contributed by atoms with Gasteiger partial charge in [-0.2, -0.15) is 0 Å². The predicted octanol–water partition coefficient (Wildman–Crippen LogP) is 0.0775. The Labute approximate surface area is 140 Å². The quantitative estimate of drug-likeness (QED) is 0.742. The van der Waals surface area contributed by atoms with E-state index in [2.05, 4.69) is 10.9 Å². The van der Waals surface area contributed by atoms with Crippen LogP contribution in [0.3, 0.4) is 0 Å². The molecule has 7 nitrogen and oxygen atoms in total. The maximum Gasteiger partial charge on any atom is 0.276 e. The highest BCUT2D eigenvalue weighted by Crippen LogP contribution is 2.29. The van der Waals surface area contributed by atoms with Crippen molar-refractivity contribution < 1.29 is 24.2 Å². The summed E-state index contributed by atoms with van der Waals surface area (Å²) in [4.78, 5) is 34.9. The molecule has 2 N–H and O–H groups in total. The zero-order valence-electron chi connectivity index (χ0n) is 13.5. The van der Waals surface area contributed by atoms with Crippen LogP contribution in [0.25, 0.3) is 0 Å². The van der Waals surface area contributed by atoms with Crippen molar-refractivity contribution in [3.05, 3.63) is 29.8 Å². The van der Waals surface area contributed by atoms with Crippen LogP contribution in [0.2, 0.25) is 0 Å². The molecule has 7 heteroatoms. The summed E-state index contributed by atoms with van der Waals surface area (Å²) in [5.74, 6) is -3.18. The molecule has 1 aromatic carbocycles. The zero-order valence-corrected chi connectivity index (χ0v) is 13.5. The van der Waals surface area contributed by atoms with Gasteiger partial charge in [0.2, 0.25) is 5.91 Å². The molecule has 2 amide bonds. The number of benzene rings is 1. The monoisotopic (exact) mass is 333 g/mol. The maximum atomic E-state index is 12.1. The predicted molar refractivity (Wildman–Crippen MR) is 83.4 cm³/mol. The lowest BCUT2D eigenvalue weighted by Gasteiger charge is -2.31. The molecule has 1 saturated carbocycles. The lowest BCUT2D eigenvalue weighted by atomic mass is 9.79. The maximum absolute atomic E-state index is 12.1. The molecule has 24 heavy (non-hydrogen) atoms. The number of rotatable bonds is 5. The van der Waals surface area contributed by atoms with E-state index in [1.165, 1.54) is 0 Å². The van der Waals surface area contributed by atoms with Crippen molar-refractivity contribution in [1.29, 1.82) is 0 Å². The Morgan fingerprint density at radius 2 is 1.88 bits per heavy atom. The minimum Gasteiger partial charge on any atom is -0.550 e. The topological polar surface area (TPSA) is 108 Å². The van der Waals surface area contributed by atoms with E-state index in [0.29, 0.717) is 18.6 Å². The molecule has 0 saturated heterocycles. The summed E-state index contributed by atoms with van der Waals surface area (Å²) in [5.41, 5.74) is 5.53. The number of carbonyl (C=O) groups is 3. The largest absolute Gasteiger partial charge is 0.550 e. The van der Waals surface area contributed by atoms with Crippen molar-refractivity contribution in [2.24, 2.45) is 11.8 Å². The summed E-state index contributed by atoms with van der Waals surface area (Å²) in [6.45, 7) is 1.66. The molecule has 0 bridgehead atoms. The van der Waals surface area contributed by atoms with Crippen molar-refractivity contribution >= 4 is 17.8 Å². The third kappa shape index (κ3) is 4.97. The molecule has 1 aromatic rings. The highest BCUT2D eigenvalue weighted by molar-refractivity contribution is 5.87. The Balaban J connectivity index is 1.78. The van der Waals surface area contributed by atoms with E-state index in [-0.39, 0.29) is 6.61 Å². The standard InChI is InChI=1S/C17H22N2O5/c1-11-5-4-6-12(9-11)24-10-15(20)18-19-16(21)13-7-2-3-8-14(13)17(22)23/h4-6,9,13-14H,2-3,7-8,10H2,1H3,(H,18,20)(H,19,21)(H,22,23)/p-1/t13-,14-/m1/s1. The molecule has 0 spiro atoms. The average molecular weight is 333 g/mol. The second kappa shape index (κ2) is 8.33. The SMILES string of the molecule is Cc1cccc(OCC(=O)NNC(=O)[C@@H]2CCCC[C@H]2C(=O)[O-])c1. The second-order valence-electron chi connectivity index (χ2n) is 5.96. The molecule has 0 aromatic heterocycles. The third-order valence-electron chi connectivity index (χ3n) is 4.09. The number of hydrogen-bond acceptors (Lipinski definition) is 5. The molecule has 0 heterocycles. The lowest BCUT2D eigenvalue weighted by molar-refractivity contribution is -0.314. The van der Waals surface area contributed by atoms with E-state index in [0.717, 1.165) is 18.4 Å².